The van der Waals surface area contributed by atoms with Gasteiger partial charge in [0, 0.05) is 33.0 Å². The fourth-order valence-electron chi connectivity index (χ4n) is 2.54. The average Bonchev–Trinajstić information content (AvgIpc) is 2.57. The summed E-state index contributed by atoms with van der Waals surface area (Å²) >= 11 is 0. The van der Waals surface area contributed by atoms with Gasteiger partial charge in [-0.3, -0.25) is 14.5 Å². The van der Waals surface area contributed by atoms with Crippen LogP contribution in [-0.2, 0) is 9.59 Å². The van der Waals surface area contributed by atoms with Crippen LogP contribution >= 0.6 is 0 Å². The summed E-state index contributed by atoms with van der Waals surface area (Å²) in [4.78, 5) is 24.8. The van der Waals surface area contributed by atoms with Crippen LogP contribution in [0.15, 0.2) is 0 Å². The van der Waals surface area contributed by atoms with Crippen LogP contribution in [0.1, 0.15) is 25.7 Å². The maximum absolute atomic E-state index is 11.5. The van der Waals surface area contributed by atoms with Gasteiger partial charge < -0.3 is 5.32 Å². The second kappa shape index (κ2) is 4.31. The number of rotatable bonds is 3. The molecule has 4 nitrogen and oxygen atoms in total. The number of nitrogens with zero attached hydrogens (tertiary/aromatic N) is 1. The molecule has 1 aliphatic carbocycles. The van der Waals surface area contributed by atoms with Gasteiger partial charge in [-0.25, -0.2) is 0 Å². The van der Waals surface area contributed by atoms with Crippen molar-refractivity contribution in [3.8, 4) is 0 Å². The first-order chi connectivity index (χ1) is 7.20. The minimum atomic E-state index is 0.109. The summed E-state index contributed by atoms with van der Waals surface area (Å²) in [6.07, 6.45) is 3.42. The second-order valence-electron chi connectivity index (χ2n) is 4.57. The standard InChI is InChI=1S/C11H18N2O2/c1-12-11(15)5-8-6-13(7-8)9-3-2-4-10(9)14/h8-9H,2-7H2,1H3,(H,12,15). The fraction of sp³-hybridized carbons (Fsp3) is 0.818. The first-order valence-electron chi connectivity index (χ1n) is 5.68. The number of amides is 1. The minimum absolute atomic E-state index is 0.109. The van der Waals surface area contributed by atoms with Crippen LogP contribution in [-0.4, -0.2) is 42.8 Å². The maximum atomic E-state index is 11.5. The van der Waals surface area contributed by atoms with E-state index in [1.807, 2.05) is 0 Å². The molecule has 1 saturated heterocycles. The van der Waals surface area contributed by atoms with Crippen molar-refractivity contribution in [1.82, 2.24) is 10.2 Å². The fourth-order valence-corrected chi connectivity index (χ4v) is 2.54. The highest BCUT2D eigenvalue weighted by Crippen LogP contribution is 2.28. The van der Waals surface area contributed by atoms with Crippen LogP contribution in [0.4, 0.5) is 0 Å². The summed E-state index contributed by atoms with van der Waals surface area (Å²) in [5, 5.41) is 2.63. The third kappa shape index (κ3) is 2.20. The van der Waals surface area contributed by atoms with Crippen molar-refractivity contribution in [2.75, 3.05) is 20.1 Å². The third-order valence-corrected chi connectivity index (χ3v) is 3.45. The van der Waals surface area contributed by atoms with Crippen molar-refractivity contribution >= 4 is 11.7 Å². The number of hydrogen-bond donors (Lipinski definition) is 1. The van der Waals surface area contributed by atoms with Crippen molar-refractivity contribution in [3.05, 3.63) is 0 Å². The Balaban J connectivity index is 1.73. The zero-order chi connectivity index (χ0) is 10.8. The lowest BCUT2D eigenvalue weighted by Gasteiger charge is -2.42. The van der Waals surface area contributed by atoms with Crippen LogP contribution < -0.4 is 5.32 Å². The minimum Gasteiger partial charge on any atom is -0.359 e. The van der Waals surface area contributed by atoms with Crippen molar-refractivity contribution < 1.29 is 9.59 Å². The molecule has 15 heavy (non-hydrogen) atoms. The van der Waals surface area contributed by atoms with E-state index in [-0.39, 0.29) is 11.9 Å². The molecule has 1 saturated carbocycles. The number of carbonyl (C=O) groups is 2. The van der Waals surface area contributed by atoms with Gasteiger partial charge in [0.1, 0.15) is 5.78 Å². The first-order valence-corrected chi connectivity index (χ1v) is 5.68. The highest BCUT2D eigenvalue weighted by atomic mass is 16.1. The molecule has 1 atom stereocenters. The summed E-state index contributed by atoms with van der Waals surface area (Å²) in [6, 6.07) is 0.172. The van der Waals surface area contributed by atoms with E-state index in [0.717, 1.165) is 32.4 Å². The van der Waals surface area contributed by atoms with Crippen LogP contribution in [0.2, 0.25) is 0 Å². The number of Topliss-reactive ketones (excluding diaryl/α,β-unsaturated/α-hetero) is 1. The molecule has 0 aromatic carbocycles. The Morgan fingerprint density at radius 1 is 1.53 bits per heavy atom. The van der Waals surface area contributed by atoms with Crippen LogP contribution in [0.5, 0.6) is 0 Å². The van der Waals surface area contributed by atoms with Crippen molar-refractivity contribution in [2.24, 2.45) is 5.92 Å². The molecule has 2 rings (SSSR count). The highest BCUT2D eigenvalue weighted by molar-refractivity contribution is 5.86. The van der Waals surface area contributed by atoms with Crippen molar-refractivity contribution in [3.63, 3.8) is 0 Å². The first kappa shape index (κ1) is 10.6. The molecule has 4 heteroatoms. The molecule has 2 aliphatic rings. The van der Waals surface area contributed by atoms with Gasteiger partial charge in [-0.05, 0) is 18.8 Å². The summed E-state index contributed by atoms with van der Waals surface area (Å²) in [5.74, 6) is 0.962. The Labute approximate surface area is 90.0 Å². The maximum Gasteiger partial charge on any atom is 0.220 e. The molecule has 0 aromatic rings. The van der Waals surface area contributed by atoms with Crippen molar-refractivity contribution in [2.45, 2.75) is 31.7 Å². The van der Waals surface area contributed by atoms with E-state index < -0.39 is 0 Å². The quantitative estimate of drug-likeness (QED) is 0.722. The normalized spacial score (nSPS) is 27.8. The smallest absolute Gasteiger partial charge is 0.220 e. The lowest BCUT2D eigenvalue weighted by atomic mass is 9.93. The predicted molar refractivity (Wildman–Crippen MR) is 56.4 cm³/mol. The molecule has 0 aromatic heterocycles. The molecule has 1 amide bonds. The van der Waals surface area contributed by atoms with E-state index in [1.165, 1.54) is 0 Å². The summed E-state index contributed by atoms with van der Waals surface area (Å²) in [6.45, 7) is 1.84. The number of likely N-dealkylation sites (tertiary alicyclic amines) is 1. The average molecular weight is 210 g/mol. The topological polar surface area (TPSA) is 49.4 Å². The largest absolute Gasteiger partial charge is 0.359 e. The Morgan fingerprint density at radius 3 is 2.80 bits per heavy atom. The molecule has 0 spiro atoms. The van der Waals surface area contributed by atoms with E-state index in [9.17, 15) is 9.59 Å². The van der Waals surface area contributed by atoms with Gasteiger partial charge in [0.15, 0.2) is 0 Å². The van der Waals surface area contributed by atoms with Crippen molar-refractivity contribution in [1.29, 1.82) is 0 Å². The Bertz CT molecular complexity index is 272. The Morgan fingerprint density at radius 2 is 2.27 bits per heavy atom. The van der Waals surface area contributed by atoms with E-state index in [4.69, 9.17) is 0 Å². The van der Waals surface area contributed by atoms with Crippen LogP contribution in [0.25, 0.3) is 0 Å². The van der Waals surface area contributed by atoms with Gasteiger partial charge in [0.2, 0.25) is 5.91 Å². The van der Waals surface area contributed by atoms with E-state index in [1.54, 1.807) is 7.05 Å². The summed E-state index contributed by atoms with van der Waals surface area (Å²) in [7, 11) is 1.67. The zero-order valence-electron chi connectivity index (χ0n) is 9.16. The number of ketones is 1. The number of hydrogen-bond acceptors (Lipinski definition) is 3. The monoisotopic (exact) mass is 210 g/mol. The lowest BCUT2D eigenvalue weighted by Crippen LogP contribution is -2.54. The Kier molecular flexibility index (Phi) is 3.05. The predicted octanol–water partition coefficient (Wildman–Crippen LogP) is 0.176. The molecule has 1 aliphatic heterocycles. The van der Waals surface area contributed by atoms with Gasteiger partial charge in [0.25, 0.3) is 0 Å². The molecule has 1 heterocycles. The molecule has 0 radical (unpaired) electrons. The SMILES string of the molecule is CNC(=O)CC1CN(C2CCCC2=O)C1. The lowest BCUT2D eigenvalue weighted by molar-refractivity contribution is -0.126. The summed E-state index contributed by atoms with van der Waals surface area (Å²) < 4.78 is 0. The van der Waals surface area contributed by atoms with E-state index >= 15 is 0 Å². The highest BCUT2D eigenvalue weighted by Gasteiger charge is 2.38. The van der Waals surface area contributed by atoms with Gasteiger partial charge in [-0.15, -0.1) is 0 Å². The van der Waals surface area contributed by atoms with Crippen LogP contribution in [0, 0.1) is 5.92 Å². The third-order valence-electron chi connectivity index (χ3n) is 3.45. The Hall–Kier alpha value is -0.900. The zero-order valence-corrected chi connectivity index (χ0v) is 9.16. The van der Waals surface area contributed by atoms with Gasteiger partial charge in [0.05, 0.1) is 6.04 Å². The molecular weight excluding hydrogens is 192 g/mol. The molecule has 2 fully saturated rings. The second-order valence-corrected chi connectivity index (χ2v) is 4.57. The number of nitrogens with one attached hydrogen (secondary N) is 1. The molecule has 84 valence electrons. The van der Waals surface area contributed by atoms with E-state index in [0.29, 0.717) is 18.1 Å². The molecule has 0 bridgehead atoms. The van der Waals surface area contributed by atoms with Gasteiger partial charge >= 0.3 is 0 Å². The molecular formula is C11H18N2O2. The summed E-state index contributed by atoms with van der Waals surface area (Å²) in [5.41, 5.74) is 0. The molecule has 1 unspecified atom stereocenters. The van der Waals surface area contributed by atoms with Crippen LogP contribution in [0.3, 0.4) is 0 Å². The van der Waals surface area contributed by atoms with Gasteiger partial charge in [-0.2, -0.15) is 0 Å². The number of carbonyl (C=O) groups excluding carboxylic acids is 2. The molecule has 1 N–H and O–H groups in total. The van der Waals surface area contributed by atoms with E-state index in [2.05, 4.69) is 10.2 Å². The van der Waals surface area contributed by atoms with Gasteiger partial charge in [-0.1, -0.05) is 0 Å².